The molecule has 5 heteroatoms. The highest BCUT2D eigenvalue weighted by Gasteiger charge is 2.14. The van der Waals surface area contributed by atoms with Gasteiger partial charge in [0.1, 0.15) is 5.82 Å². The third-order valence-electron chi connectivity index (χ3n) is 2.96. The van der Waals surface area contributed by atoms with Crippen molar-refractivity contribution in [1.29, 1.82) is 0 Å². The predicted molar refractivity (Wildman–Crippen MR) is 78.6 cm³/mol. The minimum atomic E-state index is 0.527. The van der Waals surface area contributed by atoms with Gasteiger partial charge in [-0.3, -0.25) is 0 Å². The van der Waals surface area contributed by atoms with Crippen LogP contribution >= 0.6 is 23.2 Å². The highest BCUT2D eigenvalue weighted by atomic mass is 35.5. The summed E-state index contributed by atoms with van der Waals surface area (Å²) in [6.07, 6.45) is 3.75. The molecular formula is C14H11Cl2N3. The fourth-order valence-electron chi connectivity index (χ4n) is 2.02. The second-order valence-corrected chi connectivity index (χ2v) is 5.05. The number of nitrogens with zero attached hydrogens (tertiary/aromatic N) is 1. The molecule has 3 nitrogen and oxygen atoms in total. The molecule has 19 heavy (non-hydrogen) atoms. The molecule has 0 bridgehead atoms. The van der Waals surface area contributed by atoms with E-state index in [1.54, 1.807) is 6.07 Å². The van der Waals surface area contributed by atoms with Crippen molar-refractivity contribution in [2.24, 2.45) is 0 Å². The van der Waals surface area contributed by atoms with Crippen molar-refractivity contribution < 1.29 is 0 Å². The fourth-order valence-corrected chi connectivity index (χ4v) is 2.41. The van der Waals surface area contributed by atoms with Gasteiger partial charge in [-0.1, -0.05) is 35.3 Å². The summed E-state index contributed by atoms with van der Waals surface area (Å²) in [5.41, 5.74) is 3.63. The van der Waals surface area contributed by atoms with Crippen LogP contribution in [0.4, 0.5) is 0 Å². The summed E-state index contributed by atoms with van der Waals surface area (Å²) in [5.74, 6) is 0.810. The zero-order valence-corrected chi connectivity index (χ0v) is 11.7. The van der Waals surface area contributed by atoms with Gasteiger partial charge in [-0.15, -0.1) is 0 Å². The molecule has 0 amide bonds. The SMILES string of the molecule is Cc1[nH]c(-c2cc[nH]c2)nc1-c1cccc(Cl)c1Cl. The minimum absolute atomic E-state index is 0.527. The topological polar surface area (TPSA) is 44.5 Å². The van der Waals surface area contributed by atoms with Crippen molar-refractivity contribution in [2.45, 2.75) is 6.92 Å². The molecule has 0 saturated carbocycles. The van der Waals surface area contributed by atoms with Gasteiger partial charge < -0.3 is 9.97 Å². The lowest BCUT2D eigenvalue weighted by Crippen LogP contribution is -1.83. The summed E-state index contributed by atoms with van der Waals surface area (Å²) >= 11 is 12.3. The predicted octanol–water partition coefficient (Wildman–Crippen LogP) is 4.69. The smallest absolute Gasteiger partial charge is 0.139 e. The normalized spacial score (nSPS) is 10.9. The molecule has 0 aliphatic carbocycles. The molecule has 3 rings (SSSR count). The molecule has 2 N–H and O–H groups in total. The van der Waals surface area contributed by atoms with Gasteiger partial charge in [0.15, 0.2) is 0 Å². The minimum Gasteiger partial charge on any atom is -0.367 e. The van der Waals surface area contributed by atoms with Crippen molar-refractivity contribution in [3.05, 3.63) is 52.4 Å². The van der Waals surface area contributed by atoms with Gasteiger partial charge in [-0.05, 0) is 19.1 Å². The molecule has 96 valence electrons. The lowest BCUT2D eigenvalue weighted by Gasteiger charge is -2.03. The monoisotopic (exact) mass is 291 g/mol. The summed E-state index contributed by atoms with van der Waals surface area (Å²) in [6, 6.07) is 7.51. The Bertz CT molecular complexity index is 714. The van der Waals surface area contributed by atoms with Gasteiger partial charge in [-0.2, -0.15) is 0 Å². The van der Waals surface area contributed by atoms with Crippen LogP contribution in [-0.4, -0.2) is 15.0 Å². The number of rotatable bonds is 2. The first kappa shape index (κ1) is 12.3. The highest BCUT2D eigenvalue weighted by Crippen LogP contribution is 2.35. The van der Waals surface area contributed by atoms with E-state index in [0.29, 0.717) is 10.0 Å². The number of H-pyrrole nitrogens is 2. The quantitative estimate of drug-likeness (QED) is 0.707. The molecule has 0 spiro atoms. The Morgan fingerprint density at radius 3 is 2.74 bits per heavy atom. The number of halogens is 2. The van der Waals surface area contributed by atoms with E-state index in [9.17, 15) is 0 Å². The summed E-state index contributed by atoms with van der Waals surface area (Å²) in [6.45, 7) is 1.97. The van der Waals surface area contributed by atoms with Crippen molar-refractivity contribution >= 4 is 23.2 Å². The van der Waals surface area contributed by atoms with Gasteiger partial charge in [0, 0.05) is 29.2 Å². The van der Waals surface area contributed by atoms with Gasteiger partial charge in [0.25, 0.3) is 0 Å². The van der Waals surface area contributed by atoms with E-state index in [-0.39, 0.29) is 0 Å². The Hall–Kier alpha value is -1.71. The molecule has 1 aromatic carbocycles. The summed E-state index contributed by atoms with van der Waals surface area (Å²) < 4.78 is 0. The van der Waals surface area contributed by atoms with E-state index >= 15 is 0 Å². The molecule has 0 unspecified atom stereocenters. The number of imidazole rings is 1. The number of hydrogen-bond acceptors (Lipinski definition) is 1. The summed E-state index contributed by atoms with van der Waals surface area (Å²) in [4.78, 5) is 10.9. The van der Waals surface area contributed by atoms with Crippen LogP contribution in [0.2, 0.25) is 10.0 Å². The molecule has 2 aromatic heterocycles. The van der Waals surface area contributed by atoms with E-state index in [4.69, 9.17) is 23.2 Å². The number of aryl methyl sites for hydroxylation is 1. The average Bonchev–Trinajstić information content (AvgIpc) is 3.02. The lowest BCUT2D eigenvalue weighted by atomic mass is 10.1. The lowest BCUT2D eigenvalue weighted by molar-refractivity contribution is 1.26. The number of aromatic amines is 2. The zero-order chi connectivity index (χ0) is 13.4. The van der Waals surface area contributed by atoms with Crippen LogP contribution in [0, 0.1) is 6.92 Å². The summed E-state index contributed by atoms with van der Waals surface area (Å²) in [5, 5.41) is 1.06. The maximum Gasteiger partial charge on any atom is 0.139 e. The highest BCUT2D eigenvalue weighted by molar-refractivity contribution is 6.43. The van der Waals surface area contributed by atoms with Crippen LogP contribution in [0.15, 0.2) is 36.7 Å². The first-order valence-electron chi connectivity index (χ1n) is 5.81. The number of hydrogen-bond donors (Lipinski definition) is 2. The molecule has 0 aliphatic heterocycles. The van der Waals surface area contributed by atoms with Crippen LogP contribution in [0.3, 0.4) is 0 Å². The van der Waals surface area contributed by atoms with E-state index in [0.717, 1.165) is 28.3 Å². The maximum absolute atomic E-state index is 6.24. The first-order valence-corrected chi connectivity index (χ1v) is 6.56. The molecule has 0 fully saturated rings. The Morgan fingerprint density at radius 1 is 1.16 bits per heavy atom. The molecule has 3 aromatic rings. The fraction of sp³-hybridized carbons (Fsp3) is 0.0714. The van der Waals surface area contributed by atoms with E-state index in [1.807, 2.05) is 37.5 Å². The van der Waals surface area contributed by atoms with Gasteiger partial charge in [0.2, 0.25) is 0 Å². The maximum atomic E-state index is 6.24. The number of nitrogens with one attached hydrogen (secondary N) is 2. The molecule has 0 aliphatic rings. The van der Waals surface area contributed by atoms with Gasteiger partial charge in [-0.25, -0.2) is 4.98 Å². The third kappa shape index (κ3) is 2.15. The van der Waals surface area contributed by atoms with Gasteiger partial charge in [0.05, 0.1) is 15.7 Å². The van der Waals surface area contributed by atoms with Crippen LogP contribution in [0.5, 0.6) is 0 Å². The molecule has 0 radical (unpaired) electrons. The molecular weight excluding hydrogens is 281 g/mol. The second kappa shape index (κ2) is 4.76. The zero-order valence-electron chi connectivity index (χ0n) is 10.2. The average molecular weight is 292 g/mol. The van der Waals surface area contributed by atoms with Crippen molar-refractivity contribution in [1.82, 2.24) is 15.0 Å². The molecule has 2 heterocycles. The first-order chi connectivity index (χ1) is 9.16. The summed E-state index contributed by atoms with van der Waals surface area (Å²) in [7, 11) is 0. The van der Waals surface area contributed by atoms with Crippen LogP contribution in [0.1, 0.15) is 5.69 Å². The Balaban J connectivity index is 2.14. The Labute approximate surface area is 120 Å². The molecule has 0 saturated heterocycles. The van der Waals surface area contributed by atoms with E-state index < -0.39 is 0 Å². The third-order valence-corrected chi connectivity index (χ3v) is 3.78. The van der Waals surface area contributed by atoms with Crippen LogP contribution in [-0.2, 0) is 0 Å². The van der Waals surface area contributed by atoms with Gasteiger partial charge >= 0.3 is 0 Å². The Kier molecular flexibility index (Phi) is 3.09. The standard InChI is InChI=1S/C14H11Cl2N3/c1-8-13(10-3-2-4-11(15)12(10)16)19-14(18-8)9-5-6-17-7-9/h2-7,17H,1H3,(H,18,19). The van der Waals surface area contributed by atoms with Crippen molar-refractivity contribution in [3.63, 3.8) is 0 Å². The van der Waals surface area contributed by atoms with E-state index in [2.05, 4.69) is 15.0 Å². The Morgan fingerprint density at radius 2 is 2.00 bits per heavy atom. The number of aromatic nitrogens is 3. The van der Waals surface area contributed by atoms with Crippen LogP contribution in [0.25, 0.3) is 22.6 Å². The van der Waals surface area contributed by atoms with Crippen molar-refractivity contribution in [2.75, 3.05) is 0 Å². The van der Waals surface area contributed by atoms with E-state index in [1.165, 1.54) is 0 Å². The van der Waals surface area contributed by atoms with Crippen LogP contribution < -0.4 is 0 Å². The van der Waals surface area contributed by atoms with Crippen molar-refractivity contribution in [3.8, 4) is 22.6 Å². The second-order valence-electron chi connectivity index (χ2n) is 4.26. The number of benzene rings is 1. The largest absolute Gasteiger partial charge is 0.367 e. The molecule has 0 atom stereocenters.